The second-order valence-corrected chi connectivity index (χ2v) is 8.11. The summed E-state index contributed by atoms with van der Waals surface area (Å²) in [6, 6.07) is 3.23. The Hall–Kier alpha value is -2.03. The molecule has 3 rings (SSSR count). The molecule has 3 aromatic heterocycles. The number of nitrogens with two attached hydrogens (primary N) is 1. The lowest BCUT2D eigenvalue weighted by atomic mass is 10.1. The van der Waals surface area contributed by atoms with E-state index < -0.39 is 11.9 Å². The van der Waals surface area contributed by atoms with Gasteiger partial charge in [-0.2, -0.15) is 0 Å². The van der Waals surface area contributed by atoms with Gasteiger partial charge in [-0.05, 0) is 24.8 Å². The van der Waals surface area contributed by atoms with Crippen molar-refractivity contribution in [1.29, 1.82) is 0 Å². The zero-order valence-electron chi connectivity index (χ0n) is 14.9. The van der Waals surface area contributed by atoms with Crippen molar-refractivity contribution in [2.75, 3.05) is 13.7 Å². The first kappa shape index (κ1) is 18.8. The Morgan fingerprint density at radius 1 is 1.46 bits per heavy atom. The molecule has 6 nitrogen and oxygen atoms in total. The third-order valence-corrected chi connectivity index (χ3v) is 6.22. The van der Waals surface area contributed by atoms with Crippen LogP contribution in [0.15, 0.2) is 22.3 Å². The number of ether oxygens (including phenoxy) is 1. The van der Waals surface area contributed by atoms with Crippen molar-refractivity contribution in [3.63, 3.8) is 0 Å². The number of aryl methyl sites for hydroxylation is 1. The van der Waals surface area contributed by atoms with E-state index in [1.165, 1.54) is 15.9 Å². The lowest BCUT2D eigenvalue weighted by Crippen LogP contribution is -2.36. The minimum Gasteiger partial charge on any atom is -0.384 e. The van der Waals surface area contributed by atoms with Crippen molar-refractivity contribution in [3.8, 4) is 10.4 Å². The van der Waals surface area contributed by atoms with Crippen molar-refractivity contribution in [2.24, 2.45) is 5.73 Å². The average molecular weight is 392 g/mol. The van der Waals surface area contributed by atoms with Crippen molar-refractivity contribution < 1.29 is 9.53 Å². The molecule has 3 heterocycles. The van der Waals surface area contributed by atoms with Crippen LogP contribution in [0.25, 0.3) is 20.7 Å². The number of nitrogens with zero attached hydrogens (tertiary/aromatic N) is 2. The van der Waals surface area contributed by atoms with E-state index in [9.17, 15) is 9.59 Å². The summed E-state index contributed by atoms with van der Waals surface area (Å²) in [5.74, 6) is 0.00743. The molecule has 0 spiro atoms. The molecule has 8 heteroatoms. The minimum atomic E-state index is -0.720. The molecule has 3 aromatic rings. The summed E-state index contributed by atoms with van der Waals surface area (Å²) in [5.41, 5.74) is 6.27. The SMILES string of the molecule is CCC(C(N)=O)n1c(CCOC)nc2sc(C)c(-c3cccs3)c2c1=O. The van der Waals surface area contributed by atoms with Crippen LogP contribution in [0.4, 0.5) is 0 Å². The fourth-order valence-electron chi connectivity index (χ4n) is 3.14. The van der Waals surface area contributed by atoms with Gasteiger partial charge in [0.05, 0.1) is 12.0 Å². The number of thiophene rings is 2. The standard InChI is InChI=1S/C18H21N3O3S2/c1-4-11(16(19)22)21-13(7-8-24-3)20-17-15(18(21)23)14(10(2)26-17)12-6-5-9-25-12/h5-6,9,11H,4,7-8H2,1-3H3,(H2,19,22). The first-order chi connectivity index (χ1) is 12.5. The molecular weight excluding hydrogens is 370 g/mol. The summed E-state index contributed by atoms with van der Waals surface area (Å²) in [5, 5.41) is 2.55. The number of carbonyl (C=O) groups excluding carboxylic acids is 1. The van der Waals surface area contributed by atoms with Crippen LogP contribution in [0.5, 0.6) is 0 Å². The Morgan fingerprint density at radius 3 is 2.81 bits per heavy atom. The molecule has 138 valence electrons. The van der Waals surface area contributed by atoms with Gasteiger partial charge in [0, 0.05) is 28.8 Å². The summed E-state index contributed by atoms with van der Waals surface area (Å²) in [6.45, 7) is 4.24. The first-order valence-corrected chi connectivity index (χ1v) is 10.1. The highest BCUT2D eigenvalue weighted by atomic mass is 32.1. The molecule has 0 aromatic carbocycles. The second-order valence-electron chi connectivity index (χ2n) is 5.96. The Kier molecular flexibility index (Phi) is 5.55. The van der Waals surface area contributed by atoms with Gasteiger partial charge in [0.15, 0.2) is 0 Å². The molecule has 0 aliphatic rings. The van der Waals surface area contributed by atoms with Gasteiger partial charge in [0.2, 0.25) is 5.91 Å². The maximum Gasteiger partial charge on any atom is 0.263 e. The third-order valence-electron chi connectivity index (χ3n) is 4.33. The molecule has 0 saturated heterocycles. The van der Waals surface area contributed by atoms with Gasteiger partial charge in [-0.25, -0.2) is 4.98 Å². The monoisotopic (exact) mass is 391 g/mol. The van der Waals surface area contributed by atoms with Crippen LogP contribution >= 0.6 is 22.7 Å². The molecule has 0 aliphatic heterocycles. The van der Waals surface area contributed by atoms with E-state index >= 15 is 0 Å². The Labute approximate surface area is 159 Å². The van der Waals surface area contributed by atoms with E-state index in [2.05, 4.69) is 0 Å². The Bertz CT molecular complexity index is 989. The Balaban J connectivity index is 2.35. The maximum absolute atomic E-state index is 13.4. The van der Waals surface area contributed by atoms with Crippen molar-refractivity contribution in [1.82, 2.24) is 9.55 Å². The highest BCUT2D eigenvalue weighted by molar-refractivity contribution is 7.20. The van der Waals surface area contributed by atoms with Crippen LogP contribution in [0.1, 0.15) is 30.1 Å². The number of rotatable bonds is 7. The zero-order valence-corrected chi connectivity index (χ0v) is 16.6. The lowest BCUT2D eigenvalue weighted by Gasteiger charge is -2.19. The maximum atomic E-state index is 13.4. The number of amides is 1. The van der Waals surface area contributed by atoms with Crippen LogP contribution in [-0.4, -0.2) is 29.2 Å². The van der Waals surface area contributed by atoms with Gasteiger partial charge in [-0.1, -0.05) is 13.0 Å². The first-order valence-electron chi connectivity index (χ1n) is 8.36. The molecule has 1 amide bonds. The molecule has 2 N–H and O–H groups in total. The van der Waals surface area contributed by atoms with Crippen molar-refractivity contribution in [2.45, 2.75) is 32.7 Å². The fourth-order valence-corrected chi connectivity index (χ4v) is 5.08. The average Bonchev–Trinajstić information content (AvgIpc) is 3.22. The predicted octanol–water partition coefficient (Wildman–Crippen LogP) is 3.12. The topological polar surface area (TPSA) is 87.2 Å². The summed E-state index contributed by atoms with van der Waals surface area (Å²) in [6.07, 6.45) is 0.872. The number of aromatic nitrogens is 2. The molecule has 0 saturated carbocycles. The summed E-state index contributed by atoms with van der Waals surface area (Å²) >= 11 is 3.08. The number of hydrogen-bond donors (Lipinski definition) is 1. The summed E-state index contributed by atoms with van der Waals surface area (Å²) in [7, 11) is 1.59. The molecule has 0 fully saturated rings. The number of primary amides is 1. The van der Waals surface area contributed by atoms with Crippen molar-refractivity contribution >= 4 is 38.8 Å². The van der Waals surface area contributed by atoms with E-state index in [1.807, 2.05) is 31.4 Å². The zero-order chi connectivity index (χ0) is 18.8. The van der Waals surface area contributed by atoms with E-state index in [4.69, 9.17) is 15.5 Å². The van der Waals surface area contributed by atoms with E-state index in [1.54, 1.807) is 18.4 Å². The fraction of sp³-hybridized carbons (Fsp3) is 0.389. The predicted molar refractivity (Wildman–Crippen MR) is 106 cm³/mol. The van der Waals surface area contributed by atoms with Crippen LogP contribution in [0.3, 0.4) is 0 Å². The van der Waals surface area contributed by atoms with E-state index in [-0.39, 0.29) is 5.56 Å². The molecule has 26 heavy (non-hydrogen) atoms. The van der Waals surface area contributed by atoms with Crippen LogP contribution in [0.2, 0.25) is 0 Å². The van der Waals surface area contributed by atoms with Crippen LogP contribution in [-0.2, 0) is 16.0 Å². The van der Waals surface area contributed by atoms with Gasteiger partial charge in [0.25, 0.3) is 5.56 Å². The highest BCUT2D eigenvalue weighted by Crippen LogP contribution is 2.38. The minimum absolute atomic E-state index is 0.209. The lowest BCUT2D eigenvalue weighted by molar-refractivity contribution is -0.121. The van der Waals surface area contributed by atoms with Gasteiger partial charge >= 0.3 is 0 Å². The molecular formula is C18H21N3O3S2. The smallest absolute Gasteiger partial charge is 0.263 e. The Morgan fingerprint density at radius 2 is 2.23 bits per heavy atom. The van der Waals surface area contributed by atoms with Gasteiger partial charge in [-0.3, -0.25) is 14.2 Å². The summed E-state index contributed by atoms with van der Waals surface area (Å²) in [4.78, 5) is 32.9. The van der Waals surface area contributed by atoms with Gasteiger partial charge in [-0.15, -0.1) is 22.7 Å². The number of methoxy groups -OCH3 is 1. The highest BCUT2D eigenvalue weighted by Gasteiger charge is 2.25. The second kappa shape index (κ2) is 7.69. The van der Waals surface area contributed by atoms with Gasteiger partial charge < -0.3 is 10.5 Å². The van der Waals surface area contributed by atoms with E-state index in [0.717, 1.165) is 15.3 Å². The molecule has 1 unspecified atom stereocenters. The van der Waals surface area contributed by atoms with E-state index in [0.29, 0.717) is 35.5 Å². The van der Waals surface area contributed by atoms with Crippen LogP contribution in [0, 0.1) is 6.92 Å². The van der Waals surface area contributed by atoms with Crippen molar-refractivity contribution in [3.05, 3.63) is 38.6 Å². The third kappa shape index (κ3) is 3.20. The molecule has 0 bridgehead atoms. The normalized spacial score (nSPS) is 12.6. The molecule has 0 aliphatic carbocycles. The molecule has 0 radical (unpaired) electrons. The summed E-state index contributed by atoms with van der Waals surface area (Å²) < 4.78 is 6.61. The number of hydrogen-bond acceptors (Lipinski definition) is 6. The quantitative estimate of drug-likeness (QED) is 0.670. The van der Waals surface area contributed by atoms with Crippen LogP contribution < -0.4 is 11.3 Å². The molecule has 1 atom stereocenters. The number of fused-ring (bicyclic) bond motifs is 1. The number of carbonyl (C=O) groups is 1. The largest absolute Gasteiger partial charge is 0.384 e. The van der Waals surface area contributed by atoms with Gasteiger partial charge in [0.1, 0.15) is 16.7 Å².